The first-order chi connectivity index (χ1) is 29.3. The van der Waals surface area contributed by atoms with E-state index in [4.69, 9.17) is 47.4 Å². The number of hydrogen-bond acceptors (Lipinski definition) is 15. The molecule has 3 heterocycles. The van der Waals surface area contributed by atoms with Crippen LogP contribution in [-0.2, 0) is 57.0 Å². The number of ketones is 1. The molecule has 3 saturated carbocycles. The van der Waals surface area contributed by atoms with Gasteiger partial charge in [0.05, 0.1) is 42.2 Å². The Kier molecular flexibility index (Phi) is 14.6. The van der Waals surface area contributed by atoms with Gasteiger partial charge in [0.15, 0.2) is 18.9 Å². The average molecular weight is 879 g/mol. The van der Waals surface area contributed by atoms with Crippen molar-refractivity contribution < 1.29 is 72.3 Å². The number of hydrogen-bond donors (Lipinski definition) is 3. The second kappa shape index (κ2) is 18.8. The Morgan fingerprint density at radius 3 is 2.00 bits per heavy atom. The molecule has 19 unspecified atom stereocenters. The number of allylic oxidation sites excluding steroid dienone is 2. The summed E-state index contributed by atoms with van der Waals surface area (Å²) in [7, 11) is 4.68. The van der Waals surface area contributed by atoms with Crippen molar-refractivity contribution in [1.82, 2.24) is 0 Å². The van der Waals surface area contributed by atoms with Crippen LogP contribution in [0.3, 0.4) is 0 Å². The zero-order valence-electron chi connectivity index (χ0n) is 38.7. The van der Waals surface area contributed by atoms with E-state index in [1.807, 2.05) is 27.7 Å². The molecule has 0 bridgehead atoms. The Hall–Kier alpha value is -1.86. The highest BCUT2D eigenvalue weighted by Crippen LogP contribution is 2.68. The molecule has 0 spiro atoms. The van der Waals surface area contributed by atoms with E-state index in [1.54, 1.807) is 41.1 Å². The lowest BCUT2D eigenvalue weighted by Crippen LogP contribution is -2.66. The minimum Gasteiger partial charge on any atom is -0.458 e. The molecule has 3 N–H and O–H groups in total. The highest BCUT2D eigenvalue weighted by Gasteiger charge is 2.71. The van der Waals surface area contributed by atoms with Crippen LogP contribution >= 0.6 is 0 Å². The molecular formula is C47H74O15. The van der Waals surface area contributed by atoms with E-state index in [0.29, 0.717) is 44.1 Å². The lowest BCUT2D eigenvalue weighted by Gasteiger charge is -2.63. The van der Waals surface area contributed by atoms with Crippen LogP contribution in [0.5, 0.6) is 0 Å². The molecule has 62 heavy (non-hydrogen) atoms. The summed E-state index contributed by atoms with van der Waals surface area (Å²) in [5.74, 6) is -0.727. The minimum atomic E-state index is -1.22. The third-order valence-electron chi connectivity index (χ3n) is 16.6. The second-order valence-corrected chi connectivity index (χ2v) is 19.8. The molecule has 15 heteroatoms. The number of fused-ring (bicyclic) bond motifs is 5. The summed E-state index contributed by atoms with van der Waals surface area (Å²) in [6.07, 6.45) is 0.173. The topological polar surface area (TPSA) is 187 Å². The molecule has 6 fully saturated rings. The van der Waals surface area contributed by atoms with Crippen molar-refractivity contribution in [3.8, 4) is 0 Å². The van der Waals surface area contributed by atoms with E-state index in [1.165, 1.54) is 12.7 Å². The number of Topliss-reactive ketones (excluding diaryl/α,β-unsaturated/α-hetero) is 1. The lowest BCUT2D eigenvalue weighted by atomic mass is 9.45. The van der Waals surface area contributed by atoms with Crippen molar-refractivity contribution >= 4 is 11.8 Å². The maximum absolute atomic E-state index is 13.3. The summed E-state index contributed by atoms with van der Waals surface area (Å²) in [6, 6.07) is 0. The Bertz CT molecular complexity index is 1670. The number of aliphatic hydroxyl groups excluding tert-OH is 2. The maximum Gasteiger partial charge on any atom is 0.333 e. The number of methoxy groups -OCH3 is 3. The van der Waals surface area contributed by atoms with Crippen molar-refractivity contribution in [2.75, 3.05) is 21.3 Å². The van der Waals surface area contributed by atoms with Crippen molar-refractivity contribution in [1.29, 1.82) is 0 Å². The van der Waals surface area contributed by atoms with Crippen molar-refractivity contribution in [2.45, 2.75) is 211 Å². The smallest absolute Gasteiger partial charge is 0.333 e. The van der Waals surface area contributed by atoms with Crippen molar-refractivity contribution in [3.63, 3.8) is 0 Å². The fourth-order valence-electron chi connectivity index (χ4n) is 12.8. The first kappa shape index (κ1) is 48.1. The first-order valence-electron chi connectivity index (χ1n) is 23.0. The number of carbonyl (C=O) groups is 2. The summed E-state index contributed by atoms with van der Waals surface area (Å²) in [6.45, 7) is 15.0. The van der Waals surface area contributed by atoms with E-state index in [0.717, 1.165) is 19.3 Å². The van der Waals surface area contributed by atoms with Gasteiger partial charge in [-0.25, -0.2) is 4.79 Å². The van der Waals surface area contributed by atoms with Gasteiger partial charge in [-0.2, -0.15) is 0 Å². The van der Waals surface area contributed by atoms with E-state index in [2.05, 4.69) is 13.0 Å². The third kappa shape index (κ3) is 8.42. The predicted molar refractivity (Wildman–Crippen MR) is 223 cm³/mol. The normalized spacial score (nSPS) is 49.6. The molecule has 7 aliphatic rings. The Morgan fingerprint density at radius 1 is 0.774 bits per heavy atom. The maximum atomic E-state index is 13.3. The predicted octanol–water partition coefficient (Wildman–Crippen LogP) is 4.69. The van der Waals surface area contributed by atoms with Crippen molar-refractivity contribution in [2.24, 2.45) is 28.6 Å². The number of ether oxygens (including phenoxy) is 10. The van der Waals surface area contributed by atoms with E-state index < -0.39 is 96.9 Å². The molecule has 0 aromatic rings. The molecule has 0 amide bonds. The summed E-state index contributed by atoms with van der Waals surface area (Å²) in [5, 5.41) is 34.1. The zero-order valence-corrected chi connectivity index (χ0v) is 38.7. The monoisotopic (exact) mass is 879 g/mol. The molecule has 3 saturated heterocycles. The van der Waals surface area contributed by atoms with Gasteiger partial charge in [0, 0.05) is 51.1 Å². The standard InChI is InChI=1S/C47H74O15/c1-12-23(2)43(51)60-35-20-32-31(47(52)18-16-30(24(3)48)46(35,47)8)14-13-28-19-29(15-17-45(28,32)7)59-36-21-33(53-9)40(26(5)56-36)61-37-22-34(54-10)41(27(6)57-37)62-44-39(50)42(55-11)38(49)25(4)58-44/h12-13,25-27,29-42,44,49-50,52H,14-22H2,1-11H3/t25?,26?,27?,29?,30?,31?,32?,33?,34?,35?,36?,37?,38?,39?,40?,41?,42?,44?,45-,46-,47?/m0/s1. The van der Waals surface area contributed by atoms with Gasteiger partial charge in [-0.1, -0.05) is 31.6 Å². The van der Waals surface area contributed by atoms with Crippen LogP contribution in [0.2, 0.25) is 0 Å². The van der Waals surface area contributed by atoms with Crippen LogP contribution in [0.25, 0.3) is 0 Å². The SMILES string of the molecule is CC=C(C)C(=O)OC1CC2C(CC=C3CC(OC4CC(OC)C(OC5CC(OC)C(OC6OC(C)C(O)C(OC)C6O)C(C)O5)C(C)O4)CC[C@@]32C)C2(O)CCC(C(C)=O)[C@@]12C. The molecule has 7 rings (SSSR count). The van der Waals surface area contributed by atoms with Gasteiger partial charge in [-0.05, 0) is 104 Å². The fourth-order valence-corrected chi connectivity index (χ4v) is 12.8. The Morgan fingerprint density at radius 2 is 1.40 bits per heavy atom. The van der Waals surface area contributed by atoms with Crippen LogP contribution in [0.15, 0.2) is 23.3 Å². The van der Waals surface area contributed by atoms with Crippen LogP contribution in [0.1, 0.15) is 113 Å². The summed E-state index contributed by atoms with van der Waals surface area (Å²) in [4.78, 5) is 26.4. The van der Waals surface area contributed by atoms with Crippen LogP contribution in [0.4, 0.5) is 0 Å². The molecule has 0 aromatic heterocycles. The highest BCUT2D eigenvalue weighted by molar-refractivity contribution is 5.88. The van der Waals surface area contributed by atoms with Crippen LogP contribution < -0.4 is 0 Å². The summed E-state index contributed by atoms with van der Waals surface area (Å²) >= 11 is 0. The number of esters is 1. The fraction of sp³-hybridized carbons (Fsp3) is 0.872. The van der Waals surface area contributed by atoms with Gasteiger partial charge in [0.2, 0.25) is 0 Å². The summed E-state index contributed by atoms with van der Waals surface area (Å²) < 4.78 is 61.8. The minimum absolute atomic E-state index is 0.0391. The van der Waals surface area contributed by atoms with Gasteiger partial charge >= 0.3 is 5.97 Å². The molecular weight excluding hydrogens is 805 g/mol. The molecule has 352 valence electrons. The van der Waals surface area contributed by atoms with E-state index in [9.17, 15) is 24.9 Å². The zero-order chi connectivity index (χ0) is 45.1. The van der Waals surface area contributed by atoms with Gasteiger partial charge in [0.1, 0.15) is 42.4 Å². The molecule has 0 aromatic carbocycles. The van der Waals surface area contributed by atoms with Gasteiger partial charge in [0.25, 0.3) is 0 Å². The Balaban J connectivity index is 0.980. The first-order valence-corrected chi connectivity index (χ1v) is 23.0. The lowest BCUT2D eigenvalue weighted by molar-refractivity contribution is -0.352. The van der Waals surface area contributed by atoms with Gasteiger partial charge < -0.3 is 62.7 Å². The van der Waals surface area contributed by atoms with Crippen molar-refractivity contribution in [3.05, 3.63) is 23.3 Å². The summed E-state index contributed by atoms with van der Waals surface area (Å²) in [5.41, 5.74) is -0.439. The average Bonchev–Trinajstić information content (AvgIpc) is 3.53. The molecule has 3 aliphatic heterocycles. The molecule has 21 atom stereocenters. The number of aliphatic hydroxyl groups is 3. The number of rotatable bonds is 12. The third-order valence-corrected chi connectivity index (χ3v) is 16.6. The van der Waals surface area contributed by atoms with Gasteiger partial charge in [-0.15, -0.1) is 0 Å². The number of carbonyl (C=O) groups excluding carboxylic acids is 2. The van der Waals surface area contributed by atoms with Gasteiger partial charge in [-0.3, -0.25) is 4.79 Å². The molecule has 0 radical (unpaired) electrons. The molecule has 15 nitrogen and oxygen atoms in total. The highest BCUT2D eigenvalue weighted by atomic mass is 16.8. The quantitative estimate of drug-likeness (QED) is 0.139. The second-order valence-electron chi connectivity index (χ2n) is 19.8. The van der Waals surface area contributed by atoms with E-state index in [-0.39, 0.29) is 41.2 Å². The van der Waals surface area contributed by atoms with Crippen LogP contribution in [0, 0.1) is 28.6 Å². The van der Waals surface area contributed by atoms with Crippen LogP contribution in [-0.4, -0.2) is 146 Å². The van der Waals surface area contributed by atoms with E-state index >= 15 is 0 Å². The molecule has 4 aliphatic carbocycles. The largest absolute Gasteiger partial charge is 0.458 e. The Labute approximate surface area is 367 Å².